The number of nitrogens with one attached hydrogen (secondary N) is 1. The Kier molecular flexibility index (Phi) is 6.43. The fourth-order valence-electron chi connectivity index (χ4n) is 2.93. The topological polar surface area (TPSA) is 77.0 Å². The molecule has 3 heterocycles. The lowest BCUT2D eigenvalue weighted by molar-refractivity contribution is -0.118. The molecule has 3 aromatic heterocycles. The van der Waals surface area contributed by atoms with Gasteiger partial charge in [-0.2, -0.15) is 0 Å². The van der Waals surface area contributed by atoms with E-state index in [2.05, 4.69) is 27.2 Å². The van der Waals surface area contributed by atoms with Crippen molar-refractivity contribution in [3.05, 3.63) is 70.7 Å². The summed E-state index contributed by atoms with van der Waals surface area (Å²) in [7, 11) is 0. The summed E-state index contributed by atoms with van der Waals surface area (Å²) in [4.78, 5) is 27.5. The summed E-state index contributed by atoms with van der Waals surface area (Å²) in [6, 6.07) is 9.40. The lowest BCUT2D eigenvalue weighted by atomic mass is 10.2. The van der Waals surface area contributed by atoms with Crippen LogP contribution in [0.2, 0.25) is 0 Å². The van der Waals surface area contributed by atoms with Gasteiger partial charge in [-0.15, -0.1) is 11.3 Å². The summed E-state index contributed by atoms with van der Waals surface area (Å²) in [6.07, 6.45) is 3.12. The zero-order chi connectivity index (χ0) is 21.8. The van der Waals surface area contributed by atoms with E-state index in [9.17, 15) is 9.18 Å². The second kappa shape index (κ2) is 9.40. The SMILES string of the molecule is Cc1sc2ncnc(SCC(=O)NCc3cccnc3Oc3cccc(F)c3)c2c1C. The summed E-state index contributed by atoms with van der Waals surface area (Å²) in [5.41, 5.74) is 1.84. The molecule has 0 aliphatic carbocycles. The number of halogens is 1. The second-order valence-corrected chi connectivity index (χ2v) is 8.90. The molecule has 1 N–H and O–H groups in total. The van der Waals surface area contributed by atoms with E-state index in [0.29, 0.717) is 17.2 Å². The van der Waals surface area contributed by atoms with E-state index >= 15 is 0 Å². The minimum absolute atomic E-state index is 0.137. The quantitative estimate of drug-likeness (QED) is 0.311. The van der Waals surface area contributed by atoms with Gasteiger partial charge < -0.3 is 10.1 Å². The van der Waals surface area contributed by atoms with Crippen LogP contribution in [0.25, 0.3) is 10.2 Å². The van der Waals surface area contributed by atoms with Crippen molar-refractivity contribution in [1.82, 2.24) is 20.3 Å². The predicted octanol–water partition coefficient (Wildman–Crippen LogP) is 5.04. The number of nitrogens with zero attached hydrogens (tertiary/aromatic N) is 3. The summed E-state index contributed by atoms with van der Waals surface area (Å²) < 4.78 is 19.1. The van der Waals surface area contributed by atoms with Crippen LogP contribution in [0, 0.1) is 19.7 Å². The Labute approximate surface area is 186 Å². The number of benzene rings is 1. The fraction of sp³-hybridized carbons (Fsp3) is 0.182. The maximum atomic E-state index is 13.4. The molecule has 0 saturated heterocycles. The van der Waals surface area contributed by atoms with E-state index in [1.165, 1.54) is 35.1 Å². The molecule has 0 radical (unpaired) electrons. The number of ether oxygens (including phenoxy) is 1. The molecule has 0 unspecified atom stereocenters. The smallest absolute Gasteiger partial charge is 0.230 e. The molecule has 0 aliphatic rings. The van der Waals surface area contributed by atoms with Crippen molar-refractivity contribution in [1.29, 1.82) is 0 Å². The molecule has 0 atom stereocenters. The number of hydrogen-bond donors (Lipinski definition) is 1. The van der Waals surface area contributed by atoms with Crippen LogP contribution in [0.3, 0.4) is 0 Å². The molecular formula is C22H19FN4O2S2. The van der Waals surface area contributed by atoms with Crippen LogP contribution in [-0.2, 0) is 11.3 Å². The zero-order valence-electron chi connectivity index (χ0n) is 16.9. The number of hydrogen-bond acceptors (Lipinski definition) is 7. The maximum absolute atomic E-state index is 13.4. The first-order chi connectivity index (χ1) is 15.0. The highest BCUT2D eigenvalue weighted by molar-refractivity contribution is 8.00. The summed E-state index contributed by atoms with van der Waals surface area (Å²) in [5.74, 6) is 0.358. The van der Waals surface area contributed by atoms with Gasteiger partial charge in [0.15, 0.2) is 0 Å². The molecule has 6 nitrogen and oxygen atoms in total. The van der Waals surface area contributed by atoms with E-state index in [-0.39, 0.29) is 18.2 Å². The maximum Gasteiger partial charge on any atom is 0.230 e. The number of amides is 1. The van der Waals surface area contributed by atoms with E-state index in [1.807, 2.05) is 6.92 Å². The first-order valence-corrected chi connectivity index (χ1v) is 11.3. The lowest BCUT2D eigenvalue weighted by Crippen LogP contribution is -2.25. The molecule has 4 rings (SSSR count). The molecule has 4 aromatic rings. The number of thioether (sulfide) groups is 1. The van der Waals surface area contributed by atoms with Crippen molar-refractivity contribution in [2.75, 3.05) is 5.75 Å². The number of carbonyl (C=O) groups is 1. The Balaban J connectivity index is 1.39. The van der Waals surface area contributed by atoms with Crippen molar-refractivity contribution in [3.63, 3.8) is 0 Å². The summed E-state index contributed by atoms with van der Waals surface area (Å²) in [6.45, 7) is 4.35. The first-order valence-electron chi connectivity index (χ1n) is 9.49. The average Bonchev–Trinajstić information content (AvgIpc) is 3.06. The highest BCUT2D eigenvalue weighted by atomic mass is 32.2. The van der Waals surface area contributed by atoms with E-state index in [0.717, 1.165) is 20.8 Å². The molecular weight excluding hydrogens is 435 g/mol. The molecule has 9 heteroatoms. The average molecular weight is 455 g/mol. The van der Waals surface area contributed by atoms with Crippen LogP contribution >= 0.6 is 23.1 Å². The minimum Gasteiger partial charge on any atom is -0.439 e. The van der Waals surface area contributed by atoms with Gasteiger partial charge in [-0.1, -0.05) is 23.9 Å². The fourth-order valence-corrected chi connectivity index (χ4v) is 4.88. The highest BCUT2D eigenvalue weighted by Crippen LogP contribution is 2.34. The van der Waals surface area contributed by atoms with Crippen LogP contribution in [0.15, 0.2) is 53.9 Å². The Morgan fingerprint density at radius 3 is 2.90 bits per heavy atom. The summed E-state index contributed by atoms with van der Waals surface area (Å²) >= 11 is 3.01. The Morgan fingerprint density at radius 2 is 2.06 bits per heavy atom. The number of fused-ring (bicyclic) bond motifs is 1. The van der Waals surface area contributed by atoms with Gasteiger partial charge in [0, 0.05) is 34.6 Å². The number of thiophene rings is 1. The predicted molar refractivity (Wildman–Crippen MR) is 120 cm³/mol. The van der Waals surface area contributed by atoms with Gasteiger partial charge in [0.05, 0.1) is 5.75 Å². The largest absolute Gasteiger partial charge is 0.439 e. The van der Waals surface area contributed by atoms with Gasteiger partial charge in [0.25, 0.3) is 0 Å². The number of aromatic nitrogens is 3. The van der Waals surface area contributed by atoms with Crippen LogP contribution in [0.1, 0.15) is 16.0 Å². The molecule has 1 amide bonds. The van der Waals surface area contributed by atoms with Crippen molar-refractivity contribution < 1.29 is 13.9 Å². The van der Waals surface area contributed by atoms with Crippen molar-refractivity contribution in [2.45, 2.75) is 25.4 Å². The number of pyridine rings is 1. The highest BCUT2D eigenvalue weighted by Gasteiger charge is 2.14. The van der Waals surface area contributed by atoms with Gasteiger partial charge >= 0.3 is 0 Å². The van der Waals surface area contributed by atoms with Crippen molar-refractivity contribution in [2.24, 2.45) is 0 Å². The van der Waals surface area contributed by atoms with Gasteiger partial charge in [-0.25, -0.2) is 19.3 Å². The molecule has 0 saturated carbocycles. The van der Waals surface area contributed by atoms with Gasteiger partial charge in [-0.3, -0.25) is 4.79 Å². The van der Waals surface area contributed by atoms with Crippen LogP contribution < -0.4 is 10.1 Å². The lowest BCUT2D eigenvalue weighted by Gasteiger charge is -2.11. The van der Waals surface area contributed by atoms with Gasteiger partial charge in [0.1, 0.15) is 27.8 Å². The summed E-state index contributed by atoms with van der Waals surface area (Å²) in [5, 5.41) is 4.70. The standard InChI is InChI=1S/C22H19FN4O2S2/c1-13-14(2)31-22-19(13)21(26-12-27-22)30-11-18(28)25-10-15-5-4-8-24-20(15)29-17-7-3-6-16(23)9-17/h3-9,12H,10-11H2,1-2H3,(H,25,28). The molecule has 31 heavy (non-hydrogen) atoms. The Hall–Kier alpha value is -3.04. The van der Waals surface area contributed by atoms with E-state index < -0.39 is 5.82 Å². The second-order valence-electron chi connectivity index (χ2n) is 6.73. The van der Waals surface area contributed by atoms with Crippen molar-refractivity contribution >= 4 is 39.2 Å². The molecule has 0 aliphatic heterocycles. The van der Waals surface area contributed by atoms with Gasteiger partial charge in [0.2, 0.25) is 11.8 Å². The molecule has 1 aromatic carbocycles. The number of aryl methyl sites for hydroxylation is 2. The Bertz CT molecular complexity index is 1250. The van der Waals surface area contributed by atoms with E-state index in [4.69, 9.17) is 4.74 Å². The normalized spacial score (nSPS) is 10.9. The van der Waals surface area contributed by atoms with Crippen LogP contribution in [0.4, 0.5) is 4.39 Å². The van der Waals surface area contributed by atoms with Gasteiger partial charge in [-0.05, 0) is 37.6 Å². The molecule has 0 bridgehead atoms. The van der Waals surface area contributed by atoms with Crippen LogP contribution in [-0.4, -0.2) is 26.6 Å². The first kappa shape index (κ1) is 21.2. The number of carbonyl (C=O) groups excluding carboxylic acids is 1. The third-order valence-corrected chi connectivity index (χ3v) is 6.71. The Morgan fingerprint density at radius 1 is 1.19 bits per heavy atom. The molecule has 0 spiro atoms. The molecule has 158 valence electrons. The minimum atomic E-state index is -0.393. The molecule has 0 fully saturated rings. The third-order valence-electron chi connectivity index (χ3n) is 4.61. The van der Waals surface area contributed by atoms with E-state index in [1.54, 1.807) is 41.8 Å². The van der Waals surface area contributed by atoms with Crippen molar-refractivity contribution in [3.8, 4) is 11.6 Å². The zero-order valence-corrected chi connectivity index (χ0v) is 18.5. The monoisotopic (exact) mass is 454 g/mol. The number of rotatable bonds is 7. The third kappa shape index (κ3) is 5.00. The van der Waals surface area contributed by atoms with Crippen LogP contribution in [0.5, 0.6) is 11.6 Å².